The summed E-state index contributed by atoms with van der Waals surface area (Å²) in [4.78, 5) is 170. The van der Waals surface area contributed by atoms with E-state index >= 15 is 9.59 Å². The zero-order valence-electron chi connectivity index (χ0n) is 66.4. The molecule has 1 fully saturated rings. The lowest BCUT2D eigenvalue weighted by Gasteiger charge is -2.31. The van der Waals surface area contributed by atoms with Crippen molar-refractivity contribution in [3.05, 3.63) is 144 Å². The number of aromatic nitrogens is 1. The Bertz CT molecular complexity index is 4220. The highest BCUT2D eigenvalue weighted by molar-refractivity contribution is 5.99. The number of phenolic OH excluding ortho intramolecular Hbond substituents is 1. The molecule has 0 saturated carbocycles. The lowest BCUT2D eigenvalue weighted by Crippen LogP contribution is -2.61. The van der Waals surface area contributed by atoms with Crippen LogP contribution in [0.2, 0.25) is 0 Å². The molecular formula is C80H107F7N18O13. The number of unbranched alkanes of at least 4 members (excludes halogenated alkanes) is 3. The van der Waals surface area contributed by atoms with Gasteiger partial charge < -0.3 is 90.4 Å². The molecule has 1 aliphatic rings. The van der Waals surface area contributed by atoms with E-state index < -0.39 is 182 Å². The summed E-state index contributed by atoms with van der Waals surface area (Å²) in [6.45, 7) is 3.56. The molecule has 644 valence electrons. The van der Waals surface area contributed by atoms with Gasteiger partial charge in [-0.05, 0) is 140 Å². The maximum absolute atomic E-state index is 15.1. The summed E-state index contributed by atoms with van der Waals surface area (Å²) < 4.78 is 93.3. The van der Waals surface area contributed by atoms with Gasteiger partial charge in [-0.15, -0.1) is 0 Å². The lowest BCUT2D eigenvalue weighted by atomic mass is 9.99. The van der Waals surface area contributed by atoms with Gasteiger partial charge in [0.15, 0.2) is 11.9 Å². The largest absolute Gasteiger partial charge is 0.508 e. The average Bonchev–Trinajstić information content (AvgIpc) is 1.55. The summed E-state index contributed by atoms with van der Waals surface area (Å²) >= 11 is 0. The molecule has 6 rings (SSSR count). The van der Waals surface area contributed by atoms with E-state index in [-0.39, 0.29) is 108 Å². The number of aliphatic hydroxyl groups excluding tert-OH is 1. The highest BCUT2D eigenvalue weighted by atomic mass is 19.4. The van der Waals surface area contributed by atoms with E-state index in [1.165, 1.54) is 67.5 Å². The number of likely N-dealkylation sites (tertiary alicyclic amines) is 1. The number of nitrogens with two attached hydrogens (primary N) is 2. The van der Waals surface area contributed by atoms with E-state index in [0.717, 1.165) is 35.7 Å². The first-order valence-electron chi connectivity index (χ1n) is 39.0. The van der Waals surface area contributed by atoms with Crippen molar-refractivity contribution in [1.82, 2.24) is 73.7 Å². The van der Waals surface area contributed by atoms with Crippen LogP contribution in [0.3, 0.4) is 0 Å². The maximum Gasteiger partial charge on any atom is 0.408 e. The number of phenols is 1. The van der Waals surface area contributed by atoms with Crippen LogP contribution in [0.25, 0.3) is 10.8 Å². The number of halogens is 7. The van der Waals surface area contributed by atoms with Crippen LogP contribution >= 0.6 is 0 Å². The fraction of sp³-hybridized carbons (Fsp3) is 0.500. The topological polar surface area (TPSA) is 465 Å². The number of rotatable bonds is 45. The minimum Gasteiger partial charge on any atom is -0.508 e. The molecule has 118 heavy (non-hydrogen) atoms. The third-order valence-corrected chi connectivity index (χ3v) is 18.9. The number of primary amides is 1. The van der Waals surface area contributed by atoms with E-state index in [2.05, 4.69) is 73.5 Å². The Kier molecular flexibility index (Phi) is 38.3. The quantitative estimate of drug-likeness (QED) is 0.0115. The maximum atomic E-state index is 15.1. The van der Waals surface area contributed by atoms with Gasteiger partial charge in [0, 0.05) is 71.2 Å². The minimum absolute atomic E-state index is 0.0253. The molecule has 18 N–H and O–H groups in total. The molecular weight excluding hydrogens is 1550 g/mol. The number of guanidine groups is 2. The number of nitrogens with one attached hydrogen (secondary N) is 12. The summed E-state index contributed by atoms with van der Waals surface area (Å²) in [5, 5.41) is 53.8. The molecule has 0 unspecified atom stereocenters. The van der Waals surface area contributed by atoms with E-state index in [0.29, 0.717) is 28.8 Å². The number of nitrogens with zero attached hydrogens (tertiary/aromatic N) is 4. The Morgan fingerprint density at radius 1 is 0.551 bits per heavy atom. The minimum atomic E-state index is -4.88. The second kappa shape index (κ2) is 47.5. The van der Waals surface area contributed by atoms with Gasteiger partial charge in [0.2, 0.25) is 65.0 Å². The second-order valence-corrected chi connectivity index (χ2v) is 29.2. The molecule has 38 heteroatoms. The third kappa shape index (κ3) is 33.8. The number of aromatic hydroxyl groups is 1. The van der Waals surface area contributed by atoms with Gasteiger partial charge in [-0.3, -0.25) is 62.7 Å². The fourth-order valence-electron chi connectivity index (χ4n) is 12.7. The number of carbonyl (C=O) groups excluding carboxylic acids is 11. The first-order chi connectivity index (χ1) is 56.0. The number of benzene rings is 4. The Balaban J connectivity index is 1.29. The zero-order chi connectivity index (χ0) is 86.7. The highest BCUT2D eigenvalue weighted by Crippen LogP contribution is 2.23. The first-order valence-corrected chi connectivity index (χ1v) is 39.0. The normalized spacial score (nSPS) is 15.4. The standard InChI is InChI=1S/C80H107F7N18O13/c1-6-7-33-91-77(89)92-34-12-10-19-58(68(110)100-60(37-47(2)3)69(111)99-59(76(118)105-36-15-21-66(105)75(117)96-48(4)67(88)109)20-11-13-35-93-78(94-45-79(82,83)84)95-46-80(85,86)87)98-71(113)62(40-51-25-30-57(108)31-26-51)103-74(116)65(44-106)104-73(115)64(42-53-16-14-32-90-43-53)102-72(114)63(39-50-23-28-56(81)29-24-50)101-70(112)61(97-49(5)107)41-52-22-27-54-17-8-9-18-55(54)38-52/h8-9,14,16-18,22-32,38,43,47-48,58-66,106,108H,6-7,10-13,15,19-21,33-37,39-42,44-46H2,1-5H3,(H2,88,109)(H,96,117)(H,97,107)(H,98,113)(H,99,111)(H,100,110)(H,101,112)(H,102,114)(H,103,116)(H,104,115)(H3,89,91,92)(H2,93,94,95)/t48-,58-,59+,60+,61-,62+,63-,64-,65+,66+/m1/s1. The predicted molar refractivity (Wildman–Crippen MR) is 424 cm³/mol. The van der Waals surface area contributed by atoms with Crippen LogP contribution in [0.15, 0.2) is 126 Å². The fourth-order valence-corrected chi connectivity index (χ4v) is 12.7. The zero-order valence-corrected chi connectivity index (χ0v) is 66.4. The molecule has 1 aromatic heterocycles. The molecule has 0 bridgehead atoms. The van der Waals surface area contributed by atoms with E-state index in [4.69, 9.17) is 11.5 Å². The number of pyridine rings is 1. The van der Waals surface area contributed by atoms with E-state index in [1.807, 2.05) is 43.3 Å². The molecule has 5 aromatic rings. The van der Waals surface area contributed by atoms with Crippen molar-refractivity contribution < 1.29 is 93.7 Å². The molecule has 11 amide bonds. The number of hydrogen-bond acceptors (Lipinski definition) is 16. The highest BCUT2D eigenvalue weighted by Gasteiger charge is 2.41. The van der Waals surface area contributed by atoms with Crippen LogP contribution in [0.5, 0.6) is 5.75 Å². The SMILES string of the molecule is CCCCNC(N)=NCCCC[C@@H](NC(=O)[C@H](Cc1ccc(O)cc1)NC(=O)[C@H](CO)NC(=O)[C@@H](Cc1cccnc1)NC(=O)[C@@H](Cc1ccc(F)cc1)NC(=O)[C@@H](Cc1ccc2ccccc2c1)NC(C)=O)C(=O)N[C@@H](CC(C)C)C(=O)N[C@@H](CCCCNC(=NCC(F)(F)F)NCC(F)(F)F)C(=O)N1CCC[C@H]1C(=O)N[C@H](C)C(N)=O. The Labute approximate surface area is 678 Å². The van der Waals surface area contributed by atoms with Crippen LogP contribution < -0.4 is 75.3 Å². The molecule has 31 nitrogen and oxygen atoms in total. The van der Waals surface area contributed by atoms with Crippen molar-refractivity contribution in [1.29, 1.82) is 0 Å². The van der Waals surface area contributed by atoms with Crippen LogP contribution in [0, 0.1) is 11.7 Å². The van der Waals surface area contributed by atoms with Gasteiger partial charge in [0.25, 0.3) is 0 Å². The van der Waals surface area contributed by atoms with Crippen molar-refractivity contribution in [2.75, 3.05) is 45.9 Å². The summed E-state index contributed by atoms with van der Waals surface area (Å²) in [5.41, 5.74) is 13.2. The van der Waals surface area contributed by atoms with Crippen LogP contribution in [-0.4, -0.2) is 216 Å². The molecule has 10 atom stereocenters. The van der Waals surface area contributed by atoms with Crippen molar-refractivity contribution >= 4 is 87.7 Å². The molecule has 0 aliphatic carbocycles. The predicted octanol–water partition coefficient (Wildman–Crippen LogP) is 2.97. The van der Waals surface area contributed by atoms with Gasteiger partial charge in [-0.2, -0.15) is 26.3 Å². The van der Waals surface area contributed by atoms with Gasteiger partial charge >= 0.3 is 12.4 Å². The number of alkyl halides is 6. The Morgan fingerprint density at radius 2 is 1.07 bits per heavy atom. The van der Waals surface area contributed by atoms with Crippen LogP contribution in [-0.2, 0) is 78.4 Å². The summed E-state index contributed by atoms with van der Waals surface area (Å²) in [7, 11) is 0. The van der Waals surface area contributed by atoms with Crippen molar-refractivity contribution in [3.63, 3.8) is 0 Å². The Morgan fingerprint density at radius 3 is 1.64 bits per heavy atom. The van der Waals surface area contributed by atoms with Crippen LogP contribution in [0.4, 0.5) is 30.7 Å². The average molecular weight is 1660 g/mol. The number of aliphatic hydroxyl groups is 1. The van der Waals surface area contributed by atoms with Crippen LogP contribution in [0.1, 0.15) is 128 Å². The Hall–Kier alpha value is -11.7. The second-order valence-electron chi connectivity index (χ2n) is 29.2. The van der Waals surface area contributed by atoms with E-state index in [1.54, 1.807) is 37.4 Å². The smallest absolute Gasteiger partial charge is 0.408 e. The number of amides is 11. The van der Waals surface area contributed by atoms with Crippen molar-refractivity contribution in [3.8, 4) is 5.75 Å². The molecule has 1 aliphatic heterocycles. The third-order valence-electron chi connectivity index (χ3n) is 18.9. The number of carbonyl (C=O) groups is 11. The van der Waals surface area contributed by atoms with E-state index in [9.17, 15) is 84.1 Å². The number of hydrogen-bond donors (Lipinski definition) is 16. The van der Waals surface area contributed by atoms with Gasteiger partial charge in [0.05, 0.1) is 6.61 Å². The first kappa shape index (κ1) is 95.1. The number of aliphatic imine (C=N–C) groups is 2. The summed E-state index contributed by atoms with van der Waals surface area (Å²) in [5.74, 6) is -11.9. The molecule has 4 aromatic carbocycles. The molecule has 0 spiro atoms. The van der Waals surface area contributed by atoms with Crippen molar-refractivity contribution in [2.45, 2.75) is 204 Å². The monoisotopic (exact) mass is 1660 g/mol. The molecule has 1 saturated heterocycles. The van der Waals surface area contributed by atoms with Gasteiger partial charge in [-0.25, -0.2) is 9.38 Å². The number of fused-ring (bicyclic) bond motifs is 1. The van der Waals surface area contributed by atoms with Gasteiger partial charge in [-0.1, -0.05) is 100.0 Å². The van der Waals surface area contributed by atoms with Gasteiger partial charge in [0.1, 0.15) is 85.1 Å². The lowest BCUT2D eigenvalue weighted by molar-refractivity contribution is -0.142. The summed E-state index contributed by atoms with van der Waals surface area (Å²) in [6.07, 6.45) is -6.17. The molecule has 2 heterocycles. The molecule has 0 radical (unpaired) electrons. The summed E-state index contributed by atoms with van der Waals surface area (Å²) in [6, 6.07) is 11.5. The van der Waals surface area contributed by atoms with Crippen molar-refractivity contribution in [2.24, 2.45) is 27.4 Å².